The highest BCUT2D eigenvalue weighted by Crippen LogP contribution is 2.20. The molecule has 0 saturated heterocycles. The van der Waals surface area contributed by atoms with Crippen LogP contribution in [0.1, 0.15) is 97.3 Å². The van der Waals surface area contributed by atoms with E-state index in [4.69, 9.17) is 0 Å². The van der Waals surface area contributed by atoms with Crippen molar-refractivity contribution in [1.82, 2.24) is 0 Å². The van der Waals surface area contributed by atoms with Gasteiger partial charge in [-0.15, -0.1) is 0 Å². The predicted molar refractivity (Wildman–Crippen MR) is 83.4 cm³/mol. The lowest BCUT2D eigenvalue weighted by Gasteiger charge is -2.14. The molecule has 1 nitrogen and oxygen atoms in total. The SMILES string of the molecule is CC1CCCCCCCCCCC(C)CC(=O)CC1. The summed E-state index contributed by atoms with van der Waals surface area (Å²) in [7, 11) is 0. The van der Waals surface area contributed by atoms with Gasteiger partial charge in [-0.1, -0.05) is 78.1 Å². The summed E-state index contributed by atoms with van der Waals surface area (Å²) in [6.07, 6.45) is 16.5. The molecule has 0 heterocycles. The highest BCUT2D eigenvalue weighted by Gasteiger charge is 2.11. The lowest BCUT2D eigenvalue weighted by atomic mass is 9.91. The zero-order valence-electron chi connectivity index (χ0n) is 13.3. The topological polar surface area (TPSA) is 17.1 Å². The Morgan fingerprint density at radius 3 is 1.74 bits per heavy atom. The molecule has 0 N–H and O–H groups in total. The molecular weight excluding hydrogens is 232 g/mol. The van der Waals surface area contributed by atoms with Crippen LogP contribution in [0.25, 0.3) is 0 Å². The van der Waals surface area contributed by atoms with Gasteiger partial charge in [0.05, 0.1) is 0 Å². The molecule has 2 unspecified atom stereocenters. The van der Waals surface area contributed by atoms with E-state index in [-0.39, 0.29) is 0 Å². The van der Waals surface area contributed by atoms with Gasteiger partial charge in [0, 0.05) is 12.8 Å². The minimum atomic E-state index is 0.506. The van der Waals surface area contributed by atoms with Crippen LogP contribution in [-0.4, -0.2) is 5.78 Å². The molecule has 1 heteroatoms. The molecule has 1 aliphatic rings. The highest BCUT2D eigenvalue weighted by molar-refractivity contribution is 5.78. The summed E-state index contributed by atoms with van der Waals surface area (Å²) < 4.78 is 0. The Morgan fingerprint density at radius 2 is 1.16 bits per heavy atom. The second-order valence-electron chi connectivity index (χ2n) is 6.90. The smallest absolute Gasteiger partial charge is 0.133 e. The minimum Gasteiger partial charge on any atom is -0.300 e. The van der Waals surface area contributed by atoms with Crippen molar-refractivity contribution in [3.63, 3.8) is 0 Å². The molecule has 0 amide bonds. The molecule has 112 valence electrons. The van der Waals surface area contributed by atoms with Crippen LogP contribution in [0.15, 0.2) is 0 Å². The fourth-order valence-electron chi connectivity index (χ4n) is 3.19. The molecule has 2 atom stereocenters. The van der Waals surface area contributed by atoms with Crippen molar-refractivity contribution in [3.05, 3.63) is 0 Å². The average molecular weight is 266 g/mol. The predicted octanol–water partition coefficient (Wildman–Crippen LogP) is 5.91. The lowest BCUT2D eigenvalue weighted by Crippen LogP contribution is -2.08. The van der Waals surface area contributed by atoms with E-state index in [1.54, 1.807) is 0 Å². The Morgan fingerprint density at radius 1 is 0.684 bits per heavy atom. The zero-order valence-corrected chi connectivity index (χ0v) is 13.3. The monoisotopic (exact) mass is 266 g/mol. The maximum atomic E-state index is 11.9. The molecule has 0 aromatic rings. The van der Waals surface area contributed by atoms with Crippen molar-refractivity contribution in [2.75, 3.05) is 0 Å². The summed E-state index contributed by atoms with van der Waals surface area (Å²) >= 11 is 0. The van der Waals surface area contributed by atoms with E-state index in [2.05, 4.69) is 13.8 Å². The minimum absolute atomic E-state index is 0.506. The summed E-state index contributed by atoms with van der Waals surface area (Å²) in [6.45, 7) is 4.57. The van der Waals surface area contributed by atoms with Gasteiger partial charge in [-0.2, -0.15) is 0 Å². The Bertz CT molecular complexity index is 234. The number of hydrogen-bond donors (Lipinski definition) is 0. The van der Waals surface area contributed by atoms with Crippen LogP contribution in [0.3, 0.4) is 0 Å². The van der Waals surface area contributed by atoms with E-state index >= 15 is 0 Å². The first-order valence-corrected chi connectivity index (χ1v) is 8.70. The second-order valence-corrected chi connectivity index (χ2v) is 6.90. The van der Waals surface area contributed by atoms with E-state index in [0.29, 0.717) is 11.7 Å². The molecule has 0 aromatic carbocycles. The van der Waals surface area contributed by atoms with Gasteiger partial charge in [0.25, 0.3) is 0 Å². The largest absolute Gasteiger partial charge is 0.300 e. The summed E-state index contributed by atoms with van der Waals surface area (Å²) in [5.41, 5.74) is 0. The first kappa shape index (κ1) is 16.7. The van der Waals surface area contributed by atoms with E-state index in [1.807, 2.05) is 0 Å². The molecule has 0 radical (unpaired) electrons. The fraction of sp³-hybridized carbons (Fsp3) is 0.944. The fourth-order valence-corrected chi connectivity index (χ4v) is 3.19. The summed E-state index contributed by atoms with van der Waals surface area (Å²) in [5, 5.41) is 0. The maximum Gasteiger partial charge on any atom is 0.133 e. The molecule has 1 fully saturated rings. The normalized spacial score (nSPS) is 30.1. The number of ketones is 1. The Balaban J connectivity index is 2.30. The first-order chi connectivity index (χ1) is 9.18. The van der Waals surface area contributed by atoms with Gasteiger partial charge in [-0.25, -0.2) is 0 Å². The third-order valence-corrected chi connectivity index (χ3v) is 4.64. The van der Waals surface area contributed by atoms with Crippen LogP contribution in [-0.2, 0) is 4.79 Å². The van der Waals surface area contributed by atoms with Crippen molar-refractivity contribution in [3.8, 4) is 0 Å². The highest BCUT2D eigenvalue weighted by atomic mass is 16.1. The third-order valence-electron chi connectivity index (χ3n) is 4.64. The average Bonchev–Trinajstić information content (AvgIpc) is 2.37. The summed E-state index contributed by atoms with van der Waals surface area (Å²) in [5.74, 6) is 1.86. The van der Waals surface area contributed by atoms with Crippen LogP contribution < -0.4 is 0 Å². The van der Waals surface area contributed by atoms with E-state index in [9.17, 15) is 4.79 Å². The van der Waals surface area contributed by atoms with Crippen LogP contribution in [0.4, 0.5) is 0 Å². The quantitative estimate of drug-likeness (QED) is 0.532. The molecule has 1 aliphatic carbocycles. The van der Waals surface area contributed by atoms with E-state index in [0.717, 1.165) is 25.2 Å². The van der Waals surface area contributed by atoms with E-state index in [1.165, 1.54) is 64.2 Å². The number of carbonyl (C=O) groups is 1. The first-order valence-electron chi connectivity index (χ1n) is 8.70. The van der Waals surface area contributed by atoms with Crippen molar-refractivity contribution < 1.29 is 4.79 Å². The molecule has 0 aromatic heterocycles. The number of Topliss-reactive ketones (excluding diaryl/α,β-unsaturated/α-hetero) is 1. The summed E-state index contributed by atoms with van der Waals surface area (Å²) in [4.78, 5) is 11.9. The molecule has 0 bridgehead atoms. The van der Waals surface area contributed by atoms with Crippen LogP contribution in [0.5, 0.6) is 0 Å². The Kier molecular flexibility index (Phi) is 9.20. The maximum absolute atomic E-state index is 11.9. The van der Waals surface area contributed by atoms with Crippen molar-refractivity contribution in [1.29, 1.82) is 0 Å². The van der Waals surface area contributed by atoms with Crippen LogP contribution in [0.2, 0.25) is 0 Å². The van der Waals surface area contributed by atoms with Crippen LogP contribution >= 0.6 is 0 Å². The van der Waals surface area contributed by atoms with Crippen LogP contribution in [0, 0.1) is 11.8 Å². The number of hydrogen-bond acceptors (Lipinski definition) is 1. The Labute approximate surface area is 120 Å². The molecule has 0 spiro atoms. The molecular formula is C18H34O. The van der Waals surface area contributed by atoms with Gasteiger partial charge in [-0.3, -0.25) is 4.79 Å². The molecule has 1 rings (SSSR count). The lowest BCUT2D eigenvalue weighted by molar-refractivity contribution is -0.120. The van der Waals surface area contributed by atoms with Gasteiger partial charge in [0.15, 0.2) is 0 Å². The third kappa shape index (κ3) is 9.24. The van der Waals surface area contributed by atoms with E-state index < -0.39 is 0 Å². The van der Waals surface area contributed by atoms with Crippen molar-refractivity contribution in [2.45, 2.75) is 97.3 Å². The Hall–Kier alpha value is -0.330. The van der Waals surface area contributed by atoms with Gasteiger partial charge >= 0.3 is 0 Å². The zero-order chi connectivity index (χ0) is 13.9. The van der Waals surface area contributed by atoms with Gasteiger partial charge in [0.1, 0.15) is 5.78 Å². The van der Waals surface area contributed by atoms with Gasteiger partial charge in [0.2, 0.25) is 0 Å². The summed E-state index contributed by atoms with van der Waals surface area (Å²) in [6, 6.07) is 0. The second kappa shape index (κ2) is 10.5. The number of carbonyl (C=O) groups excluding carboxylic acids is 1. The van der Waals surface area contributed by atoms with Crippen molar-refractivity contribution >= 4 is 5.78 Å². The number of rotatable bonds is 0. The van der Waals surface area contributed by atoms with Gasteiger partial charge < -0.3 is 0 Å². The molecule has 0 aliphatic heterocycles. The van der Waals surface area contributed by atoms with Crippen molar-refractivity contribution in [2.24, 2.45) is 11.8 Å². The molecule has 19 heavy (non-hydrogen) atoms. The van der Waals surface area contributed by atoms with Gasteiger partial charge in [-0.05, 0) is 18.3 Å². The molecule has 1 saturated carbocycles. The standard InChI is InChI=1S/C18H34O/c1-16-11-9-7-5-3-4-6-8-10-12-17(2)15-18(19)14-13-16/h16-17H,3-15H2,1-2H3.